The molecule has 80 valence electrons. The second-order valence-corrected chi connectivity index (χ2v) is 3.41. The Morgan fingerprint density at radius 1 is 1.40 bits per heavy atom. The van der Waals surface area contributed by atoms with Crippen molar-refractivity contribution in [3.63, 3.8) is 0 Å². The van der Waals surface area contributed by atoms with Gasteiger partial charge in [0, 0.05) is 0 Å². The van der Waals surface area contributed by atoms with Crippen LogP contribution in [0.3, 0.4) is 0 Å². The average molecular weight is 207 g/mol. The van der Waals surface area contributed by atoms with Gasteiger partial charge in [-0.15, -0.1) is 0 Å². The SMILES string of the molecule is O[C@H]1CO/C(=N\OCc2ccccc2)C1. The second kappa shape index (κ2) is 4.79. The summed E-state index contributed by atoms with van der Waals surface area (Å²) in [5.74, 6) is 0.471. The molecule has 15 heavy (non-hydrogen) atoms. The molecule has 1 saturated heterocycles. The third-order valence-electron chi connectivity index (χ3n) is 2.09. The van der Waals surface area contributed by atoms with Gasteiger partial charge in [-0.1, -0.05) is 35.5 Å². The van der Waals surface area contributed by atoms with Crippen LogP contribution in [0.25, 0.3) is 0 Å². The fourth-order valence-corrected chi connectivity index (χ4v) is 1.33. The lowest BCUT2D eigenvalue weighted by Crippen LogP contribution is -2.03. The number of hydrogen-bond acceptors (Lipinski definition) is 4. The molecule has 0 saturated carbocycles. The van der Waals surface area contributed by atoms with Gasteiger partial charge in [-0.2, -0.15) is 0 Å². The van der Waals surface area contributed by atoms with E-state index in [0.717, 1.165) is 5.56 Å². The molecule has 1 atom stereocenters. The van der Waals surface area contributed by atoms with Gasteiger partial charge in [0.2, 0.25) is 5.90 Å². The fraction of sp³-hybridized carbons (Fsp3) is 0.364. The van der Waals surface area contributed by atoms with Crippen LogP contribution in [-0.2, 0) is 16.2 Å². The molecule has 0 aromatic heterocycles. The van der Waals surface area contributed by atoms with Crippen molar-refractivity contribution in [1.29, 1.82) is 0 Å². The zero-order chi connectivity index (χ0) is 10.5. The molecule has 2 rings (SSSR count). The van der Waals surface area contributed by atoms with Gasteiger partial charge < -0.3 is 14.7 Å². The van der Waals surface area contributed by atoms with Crippen LogP contribution in [0.4, 0.5) is 0 Å². The molecule has 1 aromatic rings. The predicted molar refractivity (Wildman–Crippen MR) is 55.2 cm³/mol. The summed E-state index contributed by atoms with van der Waals surface area (Å²) in [5, 5.41) is 13.0. The summed E-state index contributed by atoms with van der Waals surface area (Å²) in [5.41, 5.74) is 1.06. The van der Waals surface area contributed by atoms with Crippen LogP contribution in [0.15, 0.2) is 35.5 Å². The number of aliphatic hydroxyl groups excluding tert-OH is 1. The van der Waals surface area contributed by atoms with E-state index in [9.17, 15) is 0 Å². The third-order valence-corrected chi connectivity index (χ3v) is 2.09. The molecule has 4 heteroatoms. The van der Waals surface area contributed by atoms with Gasteiger partial charge in [0.05, 0.1) is 12.5 Å². The summed E-state index contributed by atoms with van der Waals surface area (Å²) in [6, 6.07) is 9.77. The normalized spacial score (nSPS) is 22.7. The second-order valence-electron chi connectivity index (χ2n) is 3.41. The summed E-state index contributed by atoms with van der Waals surface area (Å²) in [6.45, 7) is 0.733. The number of ether oxygens (including phenoxy) is 1. The highest BCUT2D eigenvalue weighted by Gasteiger charge is 2.19. The van der Waals surface area contributed by atoms with Crippen molar-refractivity contribution in [2.45, 2.75) is 19.1 Å². The fourth-order valence-electron chi connectivity index (χ4n) is 1.33. The molecule has 1 fully saturated rings. The average Bonchev–Trinajstić information content (AvgIpc) is 2.66. The highest BCUT2D eigenvalue weighted by Crippen LogP contribution is 2.08. The van der Waals surface area contributed by atoms with Gasteiger partial charge in [-0.05, 0) is 5.56 Å². The molecule has 1 aromatic carbocycles. The van der Waals surface area contributed by atoms with Gasteiger partial charge in [0.25, 0.3) is 0 Å². The summed E-state index contributed by atoms with van der Waals surface area (Å²) in [4.78, 5) is 5.10. The maximum Gasteiger partial charge on any atom is 0.228 e. The van der Waals surface area contributed by atoms with Crippen molar-refractivity contribution >= 4 is 5.90 Å². The number of aliphatic hydroxyl groups is 1. The number of hydrogen-bond donors (Lipinski definition) is 1. The van der Waals surface area contributed by atoms with Crippen LogP contribution < -0.4 is 0 Å². The Labute approximate surface area is 88.1 Å². The lowest BCUT2D eigenvalue weighted by molar-refractivity contribution is 0.118. The molecule has 0 amide bonds. The van der Waals surface area contributed by atoms with Crippen molar-refractivity contribution in [3.05, 3.63) is 35.9 Å². The molecule has 0 bridgehead atoms. The van der Waals surface area contributed by atoms with E-state index in [1.807, 2.05) is 30.3 Å². The van der Waals surface area contributed by atoms with Crippen molar-refractivity contribution in [1.82, 2.24) is 0 Å². The Kier molecular flexibility index (Phi) is 3.19. The van der Waals surface area contributed by atoms with Crippen LogP contribution in [-0.4, -0.2) is 23.7 Å². The van der Waals surface area contributed by atoms with E-state index in [4.69, 9.17) is 14.7 Å². The minimum Gasteiger partial charge on any atom is -0.476 e. The Hall–Kier alpha value is -1.55. The summed E-state index contributed by atoms with van der Waals surface area (Å²) in [7, 11) is 0. The molecule has 1 aliphatic rings. The summed E-state index contributed by atoms with van der Waals surface area (Å²) in [6.07, 6.45) is -0.00140. The van der Waals surface area contributed by atoms with Crippen molar-refractivity contribution in [3.8, 4) is 0 Å². The molecule has 0 aliphatic carbocycles. The topological polar surface area (TPSA) is 51.0 Å². The van der Waals surface area contributed by atoms with Crippen molar-refractivity contribution < 1.29 is 14.7 Å². The molecule has 1 aliphatic heterocycles. The first-order valence-electron chi connectivity index (χ1n) is 4.88. The van der Waals surface area contributed by atoms with Crippen LogP contribution in [0.5, 0.6) is 0 Å². The smallest absolute Gasteiger partial charge is 0.228 e. The Balaban J connectivity index is 1.80. The monoisotopic (exact) mass is 207 g/mol. The van der Waals surface area contributed by atoms with Gasteiger partial charge in [0.15, 0.2) is 0 Å². The molecule has 1 N–H and O–H groups in total. The van der Waals surface area contributed by atoms with E-state index in [1.165, 1.54) is 0 Å². The molecular formula is C11H13NO3. The first-order valence-corrected chi connectivity index (χ1v) is 4.88. The maximum atomic E-state index is 9.15. The van der Waals surface area contributed by atoms with Crippen LogP contribution >= 0.6 is 0 Å². The van der Waals surface area contributed by atoms with Gasteiger partial charge >= 0.3 is 0 Å². The molecule has 4 nitrogen and oxygen atoms in total. The Morgan fingerprint density at radius 3 is 2.87 bits per heavy atom. The first-order chi connectivity index (χ1) is 7.34. The van der Waals surface area contributed by atoms with Crippen LogP contribution in [0, 0.1) is 0 Å². The van der Waals surface area contributed by atoms with Crippen molar-refractivity contribution in [2.24, 2.45) is 5.16 Å². The van der Waals surface area contributed by atoms with E-state index in [1.54, 1.807) is 0 Å². The number of nitrogens with zero attached hydrogens (tertiary/aromatic N) is 1. The van der Waals surface area contributed by atoms with E-state index in [0.29, 0.717) is 25.5 Å². The lowest BCUT2D eigenvalue weighted by Gasteiger charge is -2.00. The largest absolute Gasteiger partial charge is 0.476 e. The van der Waals surface area contributed by atoms with Gasteiger partial charge in [0.1, 0.15) is 13.2 Å². The minimum absolute atomic E-state index is 0.313. The van der Waals surface area contributed by atoms with Crippen molar-refractivity contribution in [2.75, 3.05) is 6.61 Å². The number of rotatable bonds is 3. The first kappa shape index (κ1) is 9.98. The van der Waals surface area contributed by atoms with Gasteiger partial charge in [-0.25, -0.2) is 0 Å². The third kappa shape index (κ3) is 2.95. The highest BCUT2D eigenvalue weighted by atomic mass is 16.6. The molecule has 1 heterocycles. The maximum absolute atomic E-state index is 9.15. The Morgan fingerprint density at radius 2 is 2.20 bits per heavy atom. The van der Waals surface area contributed by atoms with E-state index >= 15 is 0 Å². The van der Waals surface area contributed by atoms with E-state index in [-0.39, 0.29) is 0 Å². The number of oxime groups is 1. The molecule has 0 unspecified atom stereocenters. The molecule has 0 radical (unpaired) electrons. The van der Waals surface area contributed by atoms with Crippen LogP contribution in [0.2, 0.25) is 0 Å². The molecule has 0 spiro atoms. The Bertz CT molecular complexity index is 337. The molecular weight excluding hydrogens is 194 g/mol. The van der Waals surface area contributed by atoms with E-state index in [2.05, 4.69) is 5.16 Å². The summed E-state index contributed by atoms with van der Waals surface area (Å²) < 4.78 is 5.08. The van der Waals surface area contributed by atoms with Gasteiger partial charge in [-0.3, -0.25) is 0 Å². The summed E-state index contributed by atoms with van der Waals surface area (Å²) >= 11 is 0. The standard InChI is InChI=1S/C11H13NO3/c13-10-6-11(14-8-10)12-15-7-9-4-2-1-3-5-9/h1-5,10,13H,6-8H2/b12-11-/t10-/m1/s1. The zero-order valence-corrected chi connectivity index (χ0v) is 8.30. The lowest BCUT2D eigenvalue weighted by atomic mass is 10.2. The van der Waals surface area contributed by atoms with E-state index < -0.39 is 6.10 Å². The highest BCUT2D eigenvalue weighted by molar-refractivity contribution is 5.77. The predicted octanol–water partition coefficient (Wildman–Crippen LogP) is 1.30. The zero-order valence-electron chi connectivity index (χ0n) is 8.30. The minimum atomic E-state index is -0.441. The van der Waals surface area contributed by atoms with Crippen LogP contribution in [0.1, 0.15) is 12.0 Å². The quantitative estimate of drug-likeness (QED) is 0.760. The number of benzene rings is 1.